The maximum Gasteiger partial charge on any atom is 0.417 e. The molecule has 0 aliphatic carbocycles. The van der Waals surface area contributed by atoms with Crippen molar-refractivity contribution in [3.63, 3.8) is 0 Å². The third kappa shape index (κ3) is 5.57. The zero-order valence-electron chi connectivity index (χ0n) is 24.3. The van der Waals surface area contributed by atoms with E-state index in [1.54, 1.807) is 23.6 Å². The van der Waals surface area contributed by atoms with Crippen LogP contribution in [0, 0.1) is 17.5 Å². The molecule has 46 heavy (non-hydrogen) atoms. The summed E-state index contributed by atoms with van der Waals surface area (Å²) in [5, 5.41) is 0.706. The fourth-order valence-corrected chi connectivity index (χ4v) is 8.85. The molecule has 1 fully saturated rings. The van der Waals surface area contributed by atoms with Gasteiger partial charge >= 0.3 is 11.9 Å². The summed E-state index contributed by atoms with van der Waals surface area (Å²) in [4.78, 5) is 34.4. The zero-order valence-corrected chi connectivity index (χ0v) is 26.7. The molecule has 4 aromatic rings. The predicted octanol–water partition coefficient (Wildman–Crippen LogP) is 7.72. The van der Waals surface area contributed by atoms with E-state index in [9.17, 15) is 31.5 Å². The summed E-state index contributed by atoms with van der Waals surface area (Å²) in [6, 6.07) is 2.56. The van der Waals surface area contributed by atoms with Crippen molar-refractivity contribution in [1.29, 1.82) is 0 Å². The Morgan fingerprint density at radius 1 is 1.07 bits per heavy atom. The predicted molar refractivity (Wildman–Crippen MR) is 167 cm³/mol. The summed E-state index contributed by atoms with van der Waals surface area (Å²) in [6.45, 7) is 7.36. The van der Waals surface area contributed by atoms with Crippen LogP contribution in [0.25, 0.3) is 22.0 Å². The van der Waals surface area contributed by atoms with Crippen LogP contribution in [0.1, 0.15) is 30.2 Å². The molecule has 2 aromatic heterocycles. The molecule has 6 nitrogen and oxygen atoms in total. The molecular weight excluding hydrogens is 674 g/mol. The first kappa shape index (κ1) is 32.5. The van der Waals surface area contributed by atoms with E-state index < -0.39 is 69.0 Å². The van der Waals surface area contributed by atoms with E-state index in [0.29, 0.717) is 10.9 Å². The van der Waals surface area contributed by atoms with E-state index in [-0.39, 0.29) is 52.9 Å². The standard InChI is InChI=1S/C31H25ClF6N4O2S2/c1-4-25(43)42-14(2)9-40(10-15(42)3)29-19-6-20(31(36,37)38)26(18-7-21(32)23(35)8-22(18)34)28-27(19)41(30(44)39-29)11-16(12-46-28)24-5-17(33)13-45-24/h4-8,13-16H,1,9-12H2,2-3H3/t14-,15+,16-/m0/s1. The van der Waals surface area contributed by atoms with Crippen LogP contribution in [0.15, 0.2) is 52.0 Å². The number of alkyl halides is 3. The van der Waals surface area contributed by atoms with Crippen LogP contribution in [0.5, 0.6) is 0 Å². The van der Waals surface area contributed by atoms with E-state index in [1.807, 2.05) is 0 Å². The van der Waals surface area contributed by atoms with Crippen molar-refractivity contribution < 1.29 is 31.1 Å². The van der Waals surface area contributed by atoms with E-state index in [1.165, 1.54) is 22.1 Å². The Balaban J connectivity index is 1.66. The molecule has 15 heteroatoms. The number of thiophene rings is 1. The third-order valence-electron chi connectivity index (χ3n) is 8.25. The Bertz CT molecular complexity index is 1950. The van der Waals surface area contributed by atoms with Crippen molar-refractivity contribution in [1.82, 2.24) is 14.5 Å². The third-order valence-corrected chi connectivity index (χ3v) is 10.9. The summed E-state index contributed by atoms with van der Waals surface area (Å²) < 4.78 is 89.8. The molecule has 0 N–H and O–H groups in total. The fourth-order valence-electron chi connectivity index (χ4n) is 6.36. The molecule has 6 rings (SSSR count). The molecule has 242 valence electrons. The van der Waals surface area contributed by atoms with E-state index in [2.05, 4.69) is 11.6 Å². The van der Waals surface area contributed by atoms with Crippen LogP contribution in [0.4, 0.5) is 32.2 Å². The van der Waals surface area contributed by atoms with Crippen molar-refractivity contribution >= 4 is 57.3 Å². The van der Waals surface area contributed by atoms with Gasteiger partial charge in [-0.25, -0.2) is 18.0 Å². The lowest BCUT2D eigenvalue weighted by Gasteiger charge is -2.44. The lowest BCUT2D eigenvalue weighted by Crippen LogP contribution is -2.58. The lowest BCUT2D eigenvalue weighted by molar-refractivity contribution is -0.137. The Morgan fingerprint density at radius 3 is 2.37 bits per heavy atom. The maximum absolute atomic E-state index is 15.4. The van der Waals surface area contributed by atoms with Gasteiger partial charge in [0.2, 0.25) is 5.91 Å². The van der Waals surface area contributed by atoms with Crippen LogP contribution >= 0.6 is 34.7 Å². The quantitative estimate of drug-likeness (QED) is 0.124. The highest BCUT2D eigenvalue weighted by atomic mass is 35.5. The Kier molecular flexibility index (Phi) is 8.43. The van der Waals surface area contributed by atoms with Gasteiger partial charge in [0.25, 0.3) is 0 Å². The minimum atomic E-state index is -5.02. The van der Waals surface area contributed by atoms with Crippen LogP contribution < -0.4 is 10.6 Å². The second-order valence-corrected chi connectivity index (χ2v) is 13.7. The molecule has 4 heterocycles. The number of amides is 1. The number of carbonyl (C=O) groups is 1. The Hall–Kier alpha value is -3.49. The number of hydrogen-bond acceptors (Lipinski definition) is 6. The first-order valence-electron chi connectivity index (χ1n) is 14.1. The maximum atomic E-state index is 15.4. The van der Waals surface area contributed by atoms with Gasteiger partial charge in [-0.05, 0) is 38.1 Å². The molecule has 2 aliphatic rings. The minimum Gasteiger partial charge on any atom is -0.352 e. The molecule has 0 saturated carbocycles. The summed E-state index contributed by atoms with van der Waals surface area (Å²) in [7, 11) is 0. The number of halogens is 7. The second-order valence-electron chi connectivity index (χ2n) is 11.3. The fraction of sp³-hybridized carbons (Fsp3) is 0.323. The number of piperazine rings is 1. The summed E-state index contributed by atoms with van der Waals surface area (Å²) in [5.41, 5.74) is -3.07. The monoisotopic (exact) mass is 698 g/mol. The number of thioether (sulfide) groups is 1. The summed E-state index contributed by atoms with van der Waals surface area (Å²) in [5.74, 6) is -3.60. The highest BCUT2D eigenvalue weighted by molar-refractivity contribution is 7.99. The number of nitrogens with zero attached hydrogens (tertiary/aromatic N) is 4. The first-order chi connectivity index (χ1) is 21.7. The molecule has 2 aromatic carbocycles. The van der Waals surface area contributed by atoms with Crippen LogP contribution in [0.2, 0.25) is 5.02 Å². The van der Waals surface area contributed by atoms with Crippen molar-refractivity contribution in [2.45, 2.75) is 49.5 Å². The van der Waals surface area contributed by atoms with E-state index in [4.69, 9.17) is 11.6 Å². The van der Waals surface area contributed by atoms with Gasteiger partial charge in [-0.15, -0.1) is 23.1 Å². The van der Waals surface area contributed by atoms with Crippen molar-refractivity contribution in [2.75, 3.05) is 23.7 Å². The number of rotatable bonds is 4. The largest absolute Gasteiger partial charge is 0.417 e. The molecule has 1 amide bonds. The molecular formula is C31H25ClF6N4O2S2. The van der Waals surface area contributed by atoms with Crippen LogP contribution in [-0.4, -0.2) is 51.3 Å². The van der Waals surface area contributed by atoms with Gasteiger partial charge in [0.15, 0.2) is 0 Å². The van der Waals surface area contributed by atoms with E-state index in [0.717, 1.165) is 35.2 Å². The number of benzene rings is 2. The molecule has 2 aliphatic heterocycles. The number of anilines is 1. The van der Waals surface area contributed by atoms with Crippen molar-refractivity contribution in [3.8, 4) is 11.1 Å². The Labute approximate surface area is 272 Å². The van der Waals surface area contributed by atoms with Gasteiger partial charge in [-0.3, -0.25) is 9.36 Å². The van der Waals surface area contributed by atoms with Gasteiger partial charge < -0.3 is 9.80 Å². The molecule has 0 unspecified atom stereocenters. The Morgan fingerprint density at radius 2 is 1.76 bits per heavy atom. The van der Waals surface area contributed by atoms with E-state index >= 15 is 4.39 Å². The average molecular weight is 699 g/mol. The van der Waals surface area contributed by atoms with Crippen molar-refractivity contribution in [3.05, 3.63) is 85.7 Å². The van der Waals surface area contributed by atoms with Gasteiger partial charge in [0, 0.05) is 81.1 Å². The molecule has 0 radical (unpaired) electrons. The topological polar surface area (TPSA) is 58.4 Å². The SMILES string of the molecule is C=CC(=O)N1[C@H](C)CN(c2nc(=O)n3c4c(c(-c5cc(Cl)c(F)cc5F)c(C(F)(F)F)cc24)SC[C@@H](c2cc(F)cs2)C3)C[C@@H]1C. The summed E-state index contributed by atoms with van der Waals surface area (Å²) in [6.07, 6.45) is -3.84. The van der Waals surface area contributed by atoms with Gasteiger partial charge in [-0.1, -0.05) is 18.2 Å². The molecule has 3 atom stereocenters. The molecule has 0 bridgehead atoms. The highest BCUT2D eigenvalue weighted by Gasteiger charge is 2.40. The zero-order chi connectivity index (χ0) is 33.2. The molecule has 0 spiro atoms. The van der Waals surface area contributed by atoms with Gasteiger partial charge in [0.1, 0.15) is 23.3 Å². The minimum absolute atomic E-state index is 0.00676. The first-order valence-corrected chi connectivity index (χ1v) is 16.3. The number of aromatic nitrogens is 2. The van der Waals surface area contributed by atoms with Crippen molar-refractivity contribution in [2.24, 2.45) is 0 Å². The number of carbonyl (C=O) groups excluding carboxylic acids is 1. The normalized spacial score (nSPS) is 20.2. The highest BCUT2D eigenvalue weighted by Crippen LogP contribution is 2.50. The second kappa shape index (κ2) is 11.9. The number of hydrogen-bond donors (Lipinski definition) is 0. The van der Waals surface area contributed by atoms with Crippen LogP contribution in [0.3, 0.4) is 0 Å². The average Bonchev–Trinajstić information content (AvgIpc) is 3.31. The lowest BCUT2D eigenvalue weighted by atomic mass is 9.95. The molecule has 1 saturated heterocycles. The van der Waals surface area contributed by atoms with Crippen LogP contribution in [-0.2, 0) is 17.5 Å². The smallest absolute Gasteiger partial charge is 0.352 e. The summed E-state index contributed by atoms with van der Waals surface area (Å²) >= 11 is 8.03. The van der Waals surface area contributed by atoms with Gasteiger partial charge in [0.05, 0.1) is 16.1 Å². The van der Waals surface area contributed by atoms with Gasteiger partial charge in [-0.2, -0.15) is 18.2 Å².